The normalized spacial score (nSPS) is 11.1. The lowest BCUT2D eigenvalue weighted by Gasteiger charge is -2.22. The van der Waals surface area contributed by atoms with Crippen molar-refractivity contribution < 1.29 is 13.9 Å². The van der Waals surface area contributed by atoms with Crippen LogP contribution in [-0.2, 0) is 19.6 Å². The summed E-state index contributed by atoms with van der Waals surface area (Å²) in [4.78, 5) is 16.6. The van der Waals surface area contributed by atoms with Gasteiger partial charge >= 0.3 is 0 Å². The monoisotopic (exact) mass is 421 g/mol. The average Bonchev–Trinajstić information content (AvgIpc) is 3.23. The maximum absolute atomic E-state index is 12.3. The number of furan rings is 1. The van der Waals surface area contributed by atoms with E-state index in [4.69, 9.17) is 9.15 Å². The van der Waals surface area contributed by atoms with Crippen LogP contribution in [0.15, 0.2) is 71.1 Å². The van der Waals surface area contributed by atoms with Gasteiger partial charge < -0.3 is 19.4 Å². The first kappa shape index (κ1) is 22.6. The van der Waals surface area contributed by atoms with E-state index in [2.05, 4.69) is 28.4 Å². The molecule has 6 nitrogen and oxygen atoms in total. The molecule has 0 aliphatic heterocycles. The smallest absolute Gasteiger partial charge is 0.287 e. The third-order valence-corrected chi connectivity index (χ3v) is 4.94. The molecule has 2 aromatic carbocycles. The fourth-order valence-electron chi connectivity index (χ4n) is 3.37. The van der Waals surface area contributed by atoms with Gasteiger partial charge in [0.05, 0.1) is 13.7 Å². The Labute approximate surface area is 184 Å². The predicted octanol–water partition coefficient (Wildman–Crippen LogP) is 3.78. The zero-order valence-electron chi connectivity index (χ0n) is 18.5. The number of ether oxygens (including phenoxy) is 1. The van der Waals surface area contributed by atoms with Crippen LogP contribution in [0.25, 0.3) is 0 Å². The molecule has 0 saturated heterocycles. The number of rotatable bonds is 11. The van der Waals surface area contributed by atoms with Gasteiger partial charge in [-0.05, 0) is 37.9 Å². The molecule has 0 atom stereocenters. The largest absolute Gasteiger partial charge is 0.496 e. The van der Waals surface area contributed by atoms with Crippen LogP contribution in [-0.4, -0.2) is 50.0 Å². The van der Waals surface area contributed by atoms with E-state index in [0.29, 0.717) is 25.4 Å². The summed E-state index contributed by atoms with van der Waals surface area (Å²) in [5.41, 5.74) is 2.32. The van der Waals surface area contributed by atoms with E-state index in [9.17, 15) is 4.79 Å². The lowest BCUT2D eigenvalue weighted by molar-refractivity contribution is 0.0918. The molecule has 0 radical (unpaired) electrons. The van der Waals surface area contributed by atoms with Gasteiger partial charge in [0, 0.05) is 31.7 Å². The number of carbonyl (C=O) groups is 1. The first-order valence-electron chi connectivity index (χ1n) is 10.4. The van der Waals surface area contributed by atoms with Gasteiger partial charge in [-0.3, -0.25) is 9.69 Å². The molecule has 0 aliphatic rings. The van der Waals surface area contributed by atoms with Crippen molar-refractivity contribution in [1.82, 2.24) is 15.1 Å². The summed E-state index contributed by atoms with van der Waals surface area (Å²) in [5, 5.41) is 2.89. The number of hydrogen-bond donors (Lipinski definition) is 1. The highest BCUT2D eigenvalue weighted by Gasteiger charge is 2.16. The molecule has 164 valence electrons. The zero-order chi connectivity index (χ0) is 22.1. The first-order valence-corrected chi connectivity index (χ1v) is 10.4. The number of likely N-dealkylation sites (N-methyl/N-ethyl adjacent to an activating group) is 1. The molecule has 1 aromatic heterocycles. The van der Waals surface area contributed by atoms with Crippen LogP contribution in [0.2, 0.25) is 0 Å². The Hall–Kier alpha value is -3.09. The SMILES string of the molecule is COc1ccccc1CN(Cc1ccccc1)Cc1ccc(C(=O)NCCN(C)C)o1. The molecule has 6 heteroatoms. The molecule has 0 fully saturated rings. The number of benzene rings is 2. The molecule has 0 spiro atoms. The van der Waals surface area contributed by atoms with E-state index >= 15 is 0 Å². The molecule has 3 aromatic rings. The maximum Gasteiger partial charge on any atom is 0.287 e. The first-order chi connectivity index (χ1) is 15.0. The third-order valence-electron chi connectivity index (χ3n) is 4.94. The standard InChI is InChI=1S/C25H31N3O3/c1-27(2)16-15-26-25(29)24-14-13-22(31-24)19-28(17-20-9-5-4-6-10-20)18-21-11-7-8-12-23(21)30-3/h4-14H,15-19H2,1-3H3,(H,26,29). The van der Waals surface area contributed by atoms with Crippen molar-refractivity contribution in [3.8, 4) is 5.75 Å². The fourth-order valence-corrected chi connectivity index (χ4v) is 3.37. The highest BCUT2D eigenvalue weighted by Crippen LogP contribution is 2.22. The number of methoxy groups -OCH3 is 1. The third kappa shape index (κ3) is 6.98. The van der Waals surface area contributed by atoms with Crippen LogP contribution in [0.5, 0.6) is 5.75 Å². The van der Waals surface area contributed by atoms with E-state index in [1.54, 1.807) is 13.2 Å². The number of para-hydroxylation sites is 1. The molecule has 1 amide bonds. The van der Waals surface area contributed by atoms with Gasteiger partial charge in [-0.15, -0.1) is 0 Å². The quantitative estimate of drug-likeness (QED) is 0.511. The fraction of sp³-hybridized carbons (Fsp3) is 0.320. The minimum absolute atomic E-state index is 0.188. The van der Waals surface area contributed by atoms with Crippen LogP contribution in [0.3, 0.4) is 0 Å². The number of amides is 1. The molecule has 1 heterocycles. The minimum Gasteiger partial charge on any atom is -0.496 e. The molecule has 1 N–H and O–H groups in total. The lowest BCUT2D eigenvalue weighted by Crippen LogP contribution is -2.31. The summed E-state index contributed by atoms with van der Waals surface area (Å²) < 4.78 is 11.4. The Bertz CT molecular complexity index is 953. The van der Waals surface area contributed by atoms with Crippen molar-refractivity contribution in [2.45, 2.75) is 19.6 Å². The second-order valence-electron chi connectivity index (χ2n) is 7.77. The zero-order valence-corrected chi connectivity index (χ0v) is 18.5. The number of nitrogens with zero attached hydrogens (tertiary/aromatic N) is 2. The van der Waals surface area contributed by atoms with Gasteiger partial charge in [0.15, 0.2) is 5.76 Å². The molecule has 0 bridgehead atoms. The number of hydrogen-bond acceptors (Lipinski definition) is 5. The van der Waals surface area contributed by atoms with Crippen molar-refractivity contribution in [1.29, 1.82) is 0 Å². The second-order valence-corrected chi connectivity index (χ2v) is 7.77. The van der Waals surface area contributed by atoms with E-state index in [1.807, 2.05) is 61.5 Å². The Balaban J connectivity index is 1.71. The highest BCUT2D eigenvalue weighted by molar-refractivity contribution is 5.91. The van der Waals surface area contributed by atoms with Gasteiger partial charge in [-0.2, -0.15) is 0 Å². The summed E-state index contributed by atoms with van der Waals surface area (Å²) in [6, 6.07) is 22.0. The Kier molecular flexibility index (Phi) is 8.27. The van der Waals surface area contributed by atoms with Gasteiger partial charge in [-0.1, -0.05) is 48.5 Å². The molecule has 0 saturated carbocycles. The lowest BCUT2D eigenvalue weighted by atomic mass is 10.1. The molecule has 3 rings (SSSR count). The summed E-state index contributed by atoms with van der Waals surface area (Å²) in [7, 11) is 5.63. The summed E-state index contributed by atoms with van der Waals surface area (Å²) in [6.45, 7) is 3.39. The van der Waals surface area contributed by atoms with Crippen molar-refractivity contribution in [2.75, 3.05) is 34.3 Å². The van der Waals surface area contributed by atoms with E-state index < -0.39 is 0 Å². The molecular formula is C25H31N3O3. The molecule has 0 unspecified atom stereocenters. The van der Waals surface area contributed by atoms with E-state index in [0.717, 1.165) is 30.2 Å². The van der Waals surface area contributed by atoms with Crippen LogP contribution in [0.4, 0.5) is 0 Å². The highest BCUT2D eigenvalue weighted by atomic mass is 16.5. The van der Waals surface area contributed by atoms with Crippen molar-refractivity contribution in [2.24, 2.45) is 0 Å². The van der Waals surface area contributed by atoms with Crippen LogP contribution < -0.4 is 10.1 Å². The summed E-state index contributed by atoms with van der Waals surface area (Å²) >= 11 is 0. The van der Waals surface area contributed by atoms with E-state index in [-0.39, 0.29) is 5.91 Å². The van der Waals surface area contributed by atoms with Gasteiger partial charge in [0.1, 0.15) is 11.5 Å². The predicted molar refractivity (Wildman–Crippen MR) is 122 cm³/mol. The van der Waals surface area contributed by atoms with Gasteiger partial charge in [-0.25, -0.2) is 0 Å². The van der Waals surface area contributed by atoms with Crippen LogP contribution in [0, 0.1) is 0 Å². The van der Waals surface area contributed by atoms with E-state index in [1.165, 1.54) is 5.56 Å². The average molecular weight is 422 g/mol. The molecule has 31 heavy (non-hydrogen) atoms. The van der Waals surface area contributed by atoms with Crippen LogP contribution in [0.1, 0.15) is 27.4 Å². The molecule has 0 aliphatic carbocycles. The second kappa shape index (κ2) is 11.3. The Morgan fingerprint density at radius 1 is 0.935 bits per heavy atom. The Morgan fingerprint density at radius 2 is 1.68 bits per heavy atom. The van der Waals surface area contributed by atoms with Gasteiger partial charge in [0.2, 0.25) is 0 Å². The Morgan fingerprint density at radius 3 is 2.42 bits per heavy atom. The topological polar surface area (TPSA) is 58.0 Å². The summed E-state index contributed by atoms with van der Waals surface area (Å²) in [6.07, 6.45) is 0. The number of carbonyl (C=O) groups excluding carboxylic acids is 1. The minimum atomic E-state index is -0.188. The van der Waals surface area contributed by atoms with Crippen molar-refractivity contribution in [3.05, 3.63) is 89.4 Å². The number of nitrogens with one attached hydrogen (secondary N) is 1. The van der Waals surface area contributed by atoms with Crippen LogP contribution >= 0.6 is 0 Å². The summed E-state index contributed by atoms with van der Waals surface area (Å²) in [5.74, 6) is 1.77. The van der Waals surface area contributed by atoms with Gasteiger partial charge in [0.25, 0.3) is 5.91 Å². The molecular weight excluding hydrogens is 390 g/mol. The maximum atomic E-state index is 12.3. The van der Waals surface area contributed by atoms with Crippen molar-refractivity contribution in [3.63, 3.8) is 0 Å². The van der Waals surface area contributed by atoms with Crippen molar-refractivity contribution >= 4 is 5.91 Å².